The van der Waals surface area contributed by atoms with Crippen LogP contribution < -0.4 is 0 Å². The van der Waals surface area contributed by atoms with Crippen LogP contribution in [0.15, 0.2) is 0 Å². The van der Waals surface area contributed by atoms with Crippen molar-refractivity contribution in [2.75, 3.05) is 7.11 Å². The second-order valence-electron chi connectivity index (χ2n) is 3.67. The fourth-order valence-corrected chi connectivity index (χ4v) is 1.79. The summed E-state index contributed by atoms with van der Waals surface area (Å²) in [4.78, 5) is 0. The minimum absolute atomic E-state index is 0.562. The van der Waals surface area contributed by atoms with Gasteiger partial charge in [-0.25, -0.2) is 0 Å². The zero-order valence-electron chi connectivity index (χ0n) is 7.26. The van der Waals surface area contributed by atoms with Gasteiger partial charge >= 0.3 is 0 Å². The third kappa shape index (κ3) is 1.72. The first-order chi connectivity index (χ1) is 4.74. The summed E-state index contributed by atoms with van der Waals surface area (Å²) in [5, 5.41) is 0. The lowest BCUT2D eigenvalue weighted by Crippen LogP contribution is -2.08. The molecule has 1 fully saturated rings. The van der Waals surface area contributed by atoms with Gasteiger partial charge in [-0.15, -0.1) is 0 Å². The largest absolute Gasteiger partial charge is 0.381 e. The molecule has 0 aromatic heterocycles. The Hall–Kier alpha value is -0.0400. The van der Waals surface area contributed by atoms with Gasteiger partial charge in [-0.3, -0.25) is 0 Å². The van der Waals surface area contributed by atoms with Crippen molar-refractivity contribution in [3.05, 3.63) is 0 Å². The van der Waals surface area contributed by atoms with Crippen molar-refractivity contribution in [2.45, 2.75) is 39.2 Å². The zero-order valence-corrected chi connectivity index (χ0v) is 7.26. The van der Waals surface area contributed by atoms with Gasteiger partial charge in [-0.05, 0) is 31.1 Å². The minimum atomic E-state index is 0.562. The molecule has 0 unspecified atom stereocenters. The highest BCUT2D eigenvalue weighted by Gasteiger charge is 2.26. The van der Waals surface area contributed by atoms with E-state index in [-0.39, 0.29) is 0 Å². The van der Waals surface area contributed by atoms with Crippen molar-refractivity contribution < 1.29 is 4.74 Å². The molecule has 1 saturated carbocycles. The molecule has 1 aliphatic rings. The van der Waals surface area contributed by atoms with Gasteiger partial charge in [-0.2, -0.15) is 0 Å². The van der Waals surface area contributed by atoms with Gasteiger partial charge < -0.3 is 4.74 Å². The second kappa shape index (κ2) is 3.38. The lowest BCUT2D eigenvalue weighted by molar-refractivity contribution is 0.103. The third-order valence-corrected chi connectivity index (χ3v) is 2.70. The minimum Gasteiger partial charge on any atom is -0.381 e. The lowest BCUT2D eigenvalue weighted by Gasteiger charge is -2.13. The average Bonchev–Trinajstić information content (AvgIpc) is 2.34. The summed E-state index contributed by atoms with van der Waals surface area (Å²) < 4.78 is 5.29. The third-order valence-electron chi connectivity index (χ3n) is 2.70. The van der Waals surface area contributed by atoms with Crippen LogP contribution in [-0.4, -0.2) is 13.2 Å². The maximum Gasteiger partial charge on any atom is 0.0574 e. The van der Waals surface area contributed by atoms with E-state index in [4.69, 9.17) is 4.74 Å². The van der Waals surface area contributed by atoms with Gasteiger partial charge in [0.05, 0.1) is 6.10 Å². The fraction of sp³-hybridized carbons (Fsp3) is 1.00. The highest BCUT2D eigenvalue weighted by atomic mass is 16.5. The number of methoxy groups -OCH3 is 1. The molecule has 1 nitrogen and oxygen atoms in total. The molecule has 60 valence electrons. The van der Waals surface area contributed by atoms with Gasteiger partial charge in [0, 0.05) is 7.11 Å². The van der Waals surface area contributed by atoms with Gasteiger partial charge in [0.2, 0.25) is 0 Å². The molecule has 0 aliphatic heterocycles. The topological polar surface area (TPSA) is 9.23 Å². The monoisotopic (exact) mass is 142 g/mol. The Morgan fingerprint density at radius 1 is 1.30 bits per heavy atom. The predicted octanol–water partition coefficient (Wildman–Crippen LogP) is 2.46. The normalized spacial score (nSPS) is 33.6. The fourth-order valence-electron chi connectivity index (χ4n) is 1.79. The molecule has 0 saturated heterocycles. The van der Waals surface area contributed by atoms with Gasteiger partial charge in [0.1, 0.15) is 0 Å². The maximum atomic E-state index is 5.29. The Morgan fingerprint density at radius 3 is 2.30 bits per heavy atom. The van der Waals surface area contributed by atoms with Crippen LogP contribution in [0.5, 0.6) is 0 Å². The van der Waals surface area contributed by atoms with Gasteiger partial charge in [0.15, 0.2) is 0 Å². The van der Waals surface area contributed by atoms with Gasteiger partial charge in [-0.1, -0.05) is 13.8 Å². The Bertz CT molecular complexity index is 98.9. The van der Waals surface area contributed by atoms with Crippen LogP contribution in [-0.2, 0) is 4.74 Å². The molecule has 1 rings (SSSR count). The van der Waals surface area contributed by atoms with Crippen molar-refractivity contribution in [2.24, 2.45) is 11.8 Å². The molecule has 10 heavy (non-hydrogen) atoms. The SMILES string of the molecule is CO[C@@H]1CC[C@@H](C(C)C)C1. The molecule has 0 aromatic carbocycles. The number of hydrogen-bond donors (Lipinski definition) is 0. The molecule has 2 atom stereocenters. The molecule has 0 bridgehead atoms. The first-order valence-corrected chi connectivity index (χ1v) is 4.26. The first-order valence-electron chi connectivity index (χ1n) is 4.26. The Balaban J connectivity index is 2.28. The molecular weight excluding hydrogens is 124 g/mol. The van der Waals surface area contributed by atoms with E-state index < -0.39 is 0 Å². The molecule has 0 heterocycles. The van der Waals surface area contributed by atoms with Crippen molar-refractivity contribution in [1.82, 2.24) is 0 Å². The van der Waals surface area contributed by atoms with Crippen molar-refractivity contribution in [1.29, 1.82) is 0 Å². The molecule has 0 N–H and O–H groups in total. The average molecular weight is 142 g/mol. The molecule has 0 spiro atoms. The smallest absolute Gasteiger partial charge is 0.0574 e. The van der Waals surface area contributed by atoms with E-state index in [1.165, 1.54) is 19.3 Å². The summed E-state index contributed by atoms with van der Waals surface area (Å²) in [6, 6.07) is 0. The van der Waals surface area contributed by atoms with E-state index in [2.05, 4.69) is 13.8 Å². The Morgan fingerprint density at radius 2 is 2.00 bits per heavy atom. The van der Waals surface area contributed by atoms with E-state index >= 15 is 0 Å². The van der Waals surface area contributed by atoms with Crippen LogP contribution in [0.3, 0.4) is 0 Å². The molecule has 1 aliphatic carbocycles. The van der Waals surface area contributed by atoms with E-state index in [1.807, 2.05) is 7.11 Å². The van der Waals surface area contributed by atoms with Crippen LogP contribution in [0.2, 0.25) is 0 Å². The van der Waals surface area contributed by atoms with Crippen LogP contribution in [0.25, 0.3) is 0 Å². The van der Waals surface area contributed by atoms with Crippen LogP contribution >= 0.6 is 0 Å². The highest BCUT2D eigenvalue weighted by molar-refractivity contribution is 4.77. The Kier molecular flexibility index (Phi) is 2.72. The molecule has 0 radical (unpaired) electrons. The van der Waals surface area contributed by atoms with Crippen molar-refractivity contribution in [3.63, 3.8) is 0 Å². The molecule has 1 heteroatoms. The van der Waals surface area contributed by atoms with Crippen molar-refractivity contribution >= 4 is 0 Å². The van der Waals surface area contributed by atoms with Crippen LogP contribution in [0.4, 0.5) is 0 Å². The maximum absolute atomic E-state index is 5.29. The number of rotatable bonds is 2. The molecule has 0 aromatic rings. The highest BCUT2D eigenvalue weighted by Crippen LogP contribution is 2.32. The molecule has 0 amide bonds. The van der Waals surface area contributed by atoms with E-state index in [0.717, 1.165) is 11.8 Å². The standard InChI is InChI=1S/C9H18O/c1-7(2)8-4-5-9(6-8)10-3/h7-9H,4-6H2,1-3H3/t8-,9-/m1/s1. The number of hydrogen-bond acceptors (Lipinski definition) is 1. The summed E-state index contributed by atoms with van der Waals surface area (Å²) in [6.45, 7) is 4.62. The summed E-state index contributed by atoms with van der Waals surface area (Å²) in [6.07, 6.45) is 4.50. The first kappa shape index (κ1) is 8.06. The predicted molar refractivity (Wildman–Crippen MR) is 43.0 cm³/mol. The molecular formula is C9H18O. The quantitative estimate of drug-likeness (QED) is 0.575. The summed E-state index contributed by atoms with van der Waals surface area (Å²) in [5.41, 5.74) is 0. The van der Waals surface area contributed by atoms with Crippen molar-refractivity contribution in [3.8, 4) is 0 Å². The van der Waals surface area contributed by atoms with Gasteiger partial charge in [0.25, 0.3) is 0 Å². The Labute approximate surface area is 63.8 Å². The van der Waals surface area contributed by atoms with E-state index in [9.17, 15) is 0 Å². The van der Waals surface area contributed by atoms with Crippen LogP contribution in [0.1, 0.15) is 33.1 Å². The number of ether oxygens (including phenoxy) is 1. The van der Waals surface area contributed by atoms with E-state index in [1.54, 1.807) is 0 Å². The summed E-state index contributed by atoms with van der Waals surface area (Å²) in [7, 11) is 1.83. The van der Waals surface area contributed by atoms with E-state index in [0.29, 0.717) is 6.10 Å². The zero-order chi connectivity index (χ0) is 7.56. The lowest BCUT2D eigenvalue weighted by atomic mass is 9.95. The summed E-state index contributed by atoms with van der Waals surface area (Å²) >= 11 is 0. The second-order valence-corrected chi connectivity index (χ2v) is 3.67. The summed E-state index contributed by atoms with van der Waals surface area (Å²) in [5.74, 6) is 1.77. The van der Waals surface area contributed by atoms with Crippen LogP contribution in [0, 0.1) is 11.8 Å².